The van der Waals surface area contributed by atoms with E-state index in [9.17, 15) is 14.0 Å². The minimum atomic E-state index is -0.413. The van der Waals surface area contributed by atoms with Crippen molar-refractivity contribution >= 4 is 23.3 Å². The summed E-state index contributed by atoms with van der Waals surface area (Å²) in [5, 5.41) is 3.27. The van der Waals surface area contributed by atoms with E-state index in [4.69, 9.17) is 16.3 Å². The number of benzene rings is 2. The summed E-state index contributed by atoms with van der Waals surface area (Å²) in [6.07, 6.45) is 0.255. The van der Waals surface area contributed by atoms with Gasteiger partial charge in [0.15, 0.2) is 12.4 Å². The molecule has 1 aliphatic rings. The Morgan fingerprint density at radius 1 is 1.32 bits per heavy atom. The van der Waals surface area contributed by atoms with Crippen molar-refractivity contribution in [3.8, 4) is 5.75 Å². The lowest BCUT2D eigenvalue weighted by atomic mass is 10.0. The third kappa shape index (κ3) is 3.66. The number of fused-ring (bicyclic) bond motifs is 1. The van der Waals surface area contributed by atoms with E-state index in [0.717, 1.165) is 5.56 Å². The molecule has 2 aromatic rings. The minimum Gasteiger partial charge on any atom is -0.483 e. The SMILES string of the molecule is CC1CC(=O)c2c(OCC(=O)NCc3ccccc3Cl)ccc(F)c21. The number of nitrogens with one attached hydrogen (secondary N) is 1. The van der Waals surface area contributed by atoms with Crippen molar-refractivity contribution in [2.45, 2.75) is 25.8 Å². The van der Waals surface area contributed by atoms with E-state index in [0.29, 0.717) is 10.6 Å². The molecule has 0 radical (unpaired) electrons. The van der Waals surface area contributed by atoms with Gasteiger partial charge in [-0.25, -0.2) is 4.39 Å². The number of ketones is 1. The van der Waals surface area contributed by atoms with E-state index in [2.05, 4.69) is 5.32 Å². The molecule has 1 N–H and O–H groups in total. The number of amides is 1. The zero-order valence-electron chi connectivity index (χ0n) is 13.6. The lowest BCUT2D eigenvalue weighted by molar-refractivity contribution is -0.123. The molecule has 1 atom stereocenters. The molecule has 1 amide bonds. The molecule has 6 heteroatoms. The van der Waals surface area contributed by atoms with Crippen LogP contribution in [0.4, 0.5) is 4.39 Å². The Morgan fingerprint density at radius 2 is 2.08 bits per heavy atom. The van der Waals surface area contributed by atoms with Gasteiger partial charge in [0, 0.05) is 23.6 Å². The van der Waals surface area contributed by atoms with Gasteiger partial charge in [-0.1, -0.05) is 36.7 Å². The fourth-order valence-corrected chi connectivity index (χ4v) is 3.18. The first kappa shape index (κ1) is 17.4. The maximum absolute atomic E-state index is 13.9. The third-order valence-corrected chi connectivity index (χ3v) is 4.58. The first-order valence-corrected chi connectivity index (χ1v) is 8.33. The summed E-state index contributed by atoms with van der Waals surface area (Å²) in [6, 6.07) is 9.86. The lowest BCUT2D eigenvalue weighted by Gasteiger charge is -2.12. The quantitative estimate of drug-likeness (QED) is 0.879. The first-order chi connectivity index (χ1) is 12.0. The molecule has 0 heterocycles. The van der Waals surface area contributed by atoms with Gasteiger partial charge in [-0.2, -0.15) is 0 Å². The molecule has 0 aromatic heterocycles. The summed E-state index contributed by atoms with van der Waals surface area (Å²) in [7, 11) is 0. The number of carbonyl (C=O) groups excluding carboxylic acids is 2. The summed E-state index contributed by atoms with van der Waals surface area (Å²) in [5.74, 6) is -0.854. The van der Waals surface area contributed by atoms with Crippen LogP contribution in [-0.2, 0) is 11.3 Å². The van der Waals surface area contributed by atoms with E-state index in [1.807, 2.05) is 18.2 Å². The van der Waals surface area contributed by atoms with Crippen LogP contribution in [0.1, 0.15) is 40.7 Å². The van der Waals surface area contributed by atoms with Gasteiger partial charge < -0.3 is 10.1 Å². The van der Waals surface area contributed by atoms with Gasteiger partial charge in [0.05, 0.1) is 5.56 Å². The predicted molar refractivity (Wildman–Crippen MR) is 92.6 cm³/mol. The summed E-state index contributed by atoms with van der Waals surface area (Å²) in [5.41, 5.74) is 1.43. The smallest absolute Gasteiger partial charge is 0.258 e. The Hall–Kier alpha value is -2.40. The maximum atomic E-state index is 13.9. The van der Waals surface area contributed by atoms with Crippen LogP contribution in [0.25, 0.3) is 0 Å². The molecule has 1 aliphatic carbocycles. The summed E-state index contributed by atoms with van der Waals surface area (Å²) in [4.78, 5) is 24.1. The molecule has 0 spiro atoms. The highest BCUT2D eigenvalue weighted by molar-refractivity contribution is 6.31. The normalized spacial score (nSPS) is 15.8. The van der Waals surface area contributed by atoms with E-state index in [-0.39, 0.29) is 48.5 Å². The number of ether oxygens (including phenoxy) is 1. The predicted octanol–water partition coefficient (Wildman–Crippen LogP) is 3.86. The van der Waals surface area contributed by atoms with Gasteiger partial charge in [0.1, 0.15) is 11.6 Å². The van der Waals surface area contributed by atoms with Crippen molar-refractivity contribution in [1.29, 1.82) is 0 Å². The summed E-state index contributed by atoms with van der Waals surface area (Å²) < 4.78 is 19.4. The van der Waals surface area contributed by atoms with Crippen LogP contribution in [0.3, 0.4) is 0 Å². The van der Waals surface area contributed by atoms with Crippen LogP contribution in [0.5, 0.6) is 5.75 Å². The standard InChI is InChI=1S/C19H17ClFNO3/c1-11-8-15(23)19-16(7-6-14(21)18(11)19)25-10-17(24)22-9-12-4-2-3-5-13(12)20/h2-7,11H,8-10H2,1H3,(H,22,24). The van der Waals surface area contributed by atoms with Crippen LogP contribution in [-0.4, -0.2) is 18.3 Å². The van der Waals surface area contributed by atoms with Crippen LogP contribution in [0, 0.1) is 5.82 Å². The van der Waals surface area contributed by atoms with Crippen LogP contribution in [0.2, 0.25) is 5.02 Å². The maximum Gasteiger partial charge on any atom is 0.258 e. The van der Waals surface area contributed by atoms with E-state index in [1.54, 1.807) is 13.0 Å². The van der Waals surface area contributed by atoms with Gasteiger partial charge in [-0.3, -0.25) is 9.59 Å². The summed E-state index contributed by atoms with van der Waals surface area (Å²) in [6.45, 7) is 1.82. The fraction of sp³-hybridized carbons (Fsp3) is 0.263. The van der Waals surface area contributed by atoms with Crippen molar-refractivity contribution in [3.05, 3.63) is 63.9 Å². The highest BCUT2D eigenvalue weighted by Crippen LogP contribution is 2.39. The highest BCUT2D eigenvalue weighted by atomic mass is 35.5. The Labute approximate surface area is 149 Å². The number of Topliss-reactive ketones (excluding diaryl/α,β-unsaturated/α-hetero) is 1. The zero-order valence-corrected chi connectivity index (χ0v) is 14.4. The van der Waals surface area contributed by atoms with Crippen molar-refractivity contribution in [3.63, 3.8) is 0 Å². The first-order valence-electron chi connectivity index (χ1n) is 7.96. The highest BCUT2D eigenvalue weighted by Gasteiger charge is 2.32. The van der Waals surface area contributed by atoms with Crippen molar-refractivity contribution in [1.82, 2.24) is 5.32 Å². The number of hydrogen-bond acceptors (Lipinski definition) is 3. The Bertz CT molecular complexity index is 837. The largest absolute Gasteiger partial charge is 0.483 e. The second-order valence-electron chi connectivity index (χ2n) is 6.02. The molecule has 0 saturated heterocycles. The molecule has 130 valence electrons. The van der Waals surface area contributed by atoms with Gasteiger partial charge in [-0.05, 0) is 29.7 Å². The average Bonchev–Trinajstić information content (AvgIpc) is 2.89. The Kier molecular flexibility index (Phi) is 5.04. The van der Waals surface area contributed by atoms with Crippen LogP contribution in [0.15, 0.2) is 36.4 Å². The van der Waals surface area contributed by atoms with E-state index in [1.165, 1.54) is 12.1 Å². The van der Waals surface area contributed by atoms with E-state index >= 15 is 0 Å². The second kappa shape index (κ2) is 7.23. The number of halogens is 2. The molecule has 4 nitrogen and oxygen atoms in total. The summed E-state index contributed by atoms with van der Waals surface area (Å²) >= 11 is 6.03. The van der Waals surface area contributed by atoms with Crippen molar-refractivity contribution in [2.75, 3.05) is 6.61 Å². The van der Waals surface area contributed by atoms with Gasteiger partial charge in [-0.15, -0.1) is 0 Å². The zero-order chi connectivity index (χ0) is 18.0. The van der Waals surface area contributed by atoms with Gasteiger partial charge >= 0.3 is 0 Å². The minimum absolute atomic E-state index is 0.159. The molecule has 25 heavy (non-hydrogen) atoms. The van der Waals surface area contributed by atoms with Gasteiger partial charge in [0.2, 0.25) is 0 Å². The Morgan fingerprint density at radius 3 is 2.84 bits per heavy atom. The topological polar surface area (TPSA) is 55.4 Å². The molecular weight excluding hydrogens is 345 g/mol. The molecule has 1 unspecified atom stereocenters. The van der Waals surface area contributed by atoms with Crippen molar-refractivity contribution < 1.29 is 18.7 Å². The number of hydrogen-bond donors (Lipinski definition) is 1. The molecular formula is C19H17ClFNO3. The molecule has 0 fully saturated rings. The van der Waals surface area contributed by atoms with Gasteiger partial charge in [0.25, 0.3) is 5.91 Å². The number of carbonyl (C=O) groups is 2. The van der Waals surface area contributed by atoms with Crippen molar-refractivity contribution in [2.24, 2.45) is 0 Å². The number of rotatable bonds is 5. The van der Waals surface area contributed by atoms with Crippen LogP contribution >= 0.6 is 11.6 Å². The lowest BCUT2D eigenvalue weighted by Crippen LogP contribution is -2.28. The third-order valence-electron chi connectivity index (χ3n) is 4.21. The molecule has 3 rings (SSSR count). The second-order valence-corrected chi connectivity index (χ2v) is 6.43. The molecule has 0 saturated carbocycles. The fourth-order valence-electron chi connectivity index (χ4n) is 2.98. The monoisotopic (exact) mass is 361 g/mol. The van der Waals surface area contributed by atoms with Crippen LogP contribution < -0.4 is 10.1 Å². The average molecular weight is 362 g/mol. The molecule has 0 aliphatic heterocycles. The Balaban J connectivity index is 1.64. The molecule has 0 bridgehead atoms. The van der Waals surface area contributed by atoms with E-state index < -0.39 is 5.82 Å². The molecule has 2 aromatic carbocycles.